The van der Waals surface area contributed by atoms with Crippen LogP contribution in [0.4, 0.5) is 0 Å². The molecule has 0 aromatic heterocycles. The van der Waals surface area contributed by atoms with Crippen molar-refractivity contribution in [3.63, 3.8) is 0 Å². The molecule has 0 saturated carbocycles. The monoisotopic (exact) mass is 298 g/mol. The number of guanidine groups is 1. The van der Waals surface area contributed by atoms with Gasteiger partial charge in [-0.15, -0.1) is 0 Å². The Labute approximate surface area is 130 Å². The Kier molecular flexibility index (Phi) is 8.69. The molecule has 1 rings (SSSR count). The maximum absolute atomic E-state index is 5.35. The summed E-state index contributed by atoms with van der Waals surface area (Å²) in [7, 11) is 1.83. The van der Waals surface area contributed by atoms with Crippen LogP contribution in [0.2, 0.25) is 0 Å². The maximum Gasteiger partial charge on any atom is 0.191 e. The molecule has 5 nitrogen and oxygen atoms in total. The van der Waals surface area contributed by atoms with Gasteiger partial charge in [-0.1, -0.05) is 27.2 Å². The van der Waals surface area contributed by atoms with Crippen molar-refractivity contribution in [2.24, 2.45) is 10.4 Å². The van der Waals surface area contributed by atoms with Gasteiger partial charge in [0.15, 0.2) is 5.96 Å². The van der Waals surface area contributed by atoms with Gasteiger partial charge in [0.05, 0.1) is 13.2 Å². The zero-order chi connectivity index (χ0) is 15.6. The minimum atomic E-state index is 0.443. The van der Waals surface area contributed by atoms with Crippen molar-refractivity contribution in [1.29, 1.82) is 0 Å². The molecule has 0 spiro atoms. The van der Waals surface area contributed by atoms with Gasteiger partial charge in [-0.3, -0.25) is 9.89 Å². The Morgan fingerprint density at radius 2 is 1.76 bits per heavy atom. The molecule has 1 aliphatic rings. The highest BCUT2D eigenvalue weighted by molar-refractivity contribution is 5.79. The van der Waals surface area contributed by atoms with E-state index in [1.807, 2.05) is 7.05 Å². The lowest BCUT2D eigenvalue weighted by molar-refractivity contribution is 0.0389. The third-order valence-electron chi connectivity index (χ3n) is 3.69. The molecule has 0 aromatic carbocycles. The van der Waals surface area contributed by atoms with Crippen LogP contribution < -0.4 is 10.6 Å². The number of rotatable bonds is 7. The topological polar surface area (TPSA) is 48.9 Å². The Morgan fingerprint density at radius 1 is 1.10 bits per heavy atom. The molecule has 1 heterocycles. The highest BCUT2D eigenvalue weighted by Crippen LogP contribution is 2.21. The first kappa shape index (κ1) is 18.2. The first-order valence-corrected chi connectivity index (χ1v) is 8.26. The van der Waals surface area contributed by atoms with Crippen molar-refractivity contribution in [2.45, 2.75) is 40.0 Å². The van der Waals surface area contributed by atoms with E-state index >= 15 is 0 Å². The standard InChI is InChI=1S/C16H34N4O/c1-16(2,3)7-5-6-8-18-15(17-4)19-9-10-20-11-13-21-14-12-20/h5-14H2,1-4H3,(H2,17,18,19). The predicted molar refractivity (Wildman–Crippen MR) is 89.9 cm³/mol. The summed E-state index contributed by atoms with van der Waals surface area (Å²) < 4.78 is 5.35. The number of hydrogen-bond donors (Lipinski definition) is 2. The van der Waals surface area contributed by atoms with E-state index in [9.17, 15) is 0 Å². The number of ether oxygens (including phenoxy) is 1. The van der Waals surface area contributed by atoms with Crippen molar-refractivity contribution in [3.05, 3.63) is 0 Å². The molecule has 5 heteroatoms. The van der Waals surface area contributed by atoms with Gasteiger partial charge in [-0.25, -0.2) is 0 Å². The second kappa shape index (κ2) is 10.0. The van der Waals surface area contributed by atoms with E-state index in [0.717, 1.165) is 51.9 Å². The molecule has 1 saturated heterocycles. The molecule has 124 valence electrons. The highest BCUT2D eigenvalue weighted by Gasteiger charge is 2.10. The molecule has 0 unspecified atom stereocenters. The third-order valence-corrected chi connectivity index (χ3v) is 3.69. The largest absolute Gasteiger partial charge is 0.379 e. The normalized spacial score (nSPS) is 17.8. The van der Waals surface area contributed by atoms with Gasteiger partial charge < -0.3 is 15.4 Å². The molecule has 2 N–H and O–H groups in total. The third kappa shape index (κ3) is 9.69. The average molecular weight is 298 g/mol. The summed E-state index contributed by atoms with van der Waals surface area (Å²) in [5.41, 5.74) is 0.443. The Hall–Kier alpha value is -0.810. The summed E-state index contributed by atoms with van der Waals surface area (Å²) in [6, 6.07) is 0. The summed E-state index contributed by atoms with van der Waals surface area (Å²) in [5.74, 6) is 0.916. The molecule has 0 aromatic rings. The van der Waals surface area contributed by atoms with Gasteiger partial charge in [0.1, 0.15) is 0 Å². The molecule has 0 aliphatic carbocycles. The van der Waals surface area contributed by atoms with Crippen molar-refractivity contribution >= 4 is 5.96 Å². The molecule has 21 heavy (non-hydrogen) atoms. The SMILES string of the molecule is CN=C(NCCCCC(C)(C)C)NCCN1CCOCC1. The van der Waals surface area contributed by atoms with Crippen LogP contribution in [0.15, 0.2) is 4.99 Å². The Bertz CT molecular complexity index is 293. The zero-order valence-electron chi connectivity index (χ0n) is 14.4. The van der Waals surface area contributed by atoms with E-state index < -0.39 is 0 Å². The minimum absolute atomic E-state index is 0.443. The summed E-state index contributed by atoms with van der Waals surface area (Å²) >= 11 is 0. The lowest BCUT2D eigenvalue weighted by atomic mass is 9.90. The summed E-state index contributed by atoms with van der Waals surface area (Å²) in [5, 5.41) is 6.77. The van der Waals surface area contributed by atoms with Crippen molar-refractivity contribution in [2.75, 3.05) is 53.0 Å². The van der Waals surface area contributed by atoms with E-state index in [0.29, 0.717) is 5.41 Å². The van der Waals surface area contributed by atoms with Crippen LogP contribution in [0.3, 0.4) is 0 Å². The van der Waals surface area contributed by atoms with Gasteiger partial charge in [0.25, 0.3) is 0 Å². The van der Waals surface area contributed by atoms with Crippen LogP contribution in [-0.2, 0) is 4.74 Å². The van der Waals surface area contributed by atoms with E-state index in [2.05, 4.69) is 41.3 Å². The summed E-state index contributed by atoms with van der Waals surface area (Å²) in [6.45, 7) is 13.7. The smallest absolute Gasteiger partial charge is 0.191 e. The maximum atomic E-state index is 5.35. The van der Waals surface area contributed by atoms with Crippen molar-refractivity contribution < 1.29 is 4.74 Å². The fourth-order valence-electron chi connectivity index (χ4n) is 2.36. The first-order chi connectivity index (χ1) is 10.0. The van der Waals surface area contributed by atoms with Crippen LogP contribution in [0.25, 0.3) is 0 Å². The number of hydrogen-bond acceptors (Lipinski definition) is 3. The fraction of sp³-hybridized carbons (Fsp3) is 0.938. The van der Waals surface area contributed by atoms with Crippen LogP contribution >= 0.6 is 0 Å². The highest BCUT2D eigenvalue weighted by atomic mass is 16.5. The second-order valence-corrected chi connectivity index (χ2v) is 6.90. The molecule has 1 fully saturated rings. The first-order valence-electron chi connectivity index (χ1n) is 8.26. The number of nitrogens with one attached hydrogen (secondary N) is 2. The molecule has 0 radical (unpaired) electrons. The summed E-state index contributed by atoms with van der Waals surface area (Å²) in [6.07, 6.45) is 3.74. The summed E-state index contributed by atoms with van der Waals surface area (Å²) in [4.78, 5) is 6.69. The Morgan fingerprint density at radius 3 is 2.38 bits per heavy atom. The lowest BCUT2D eigenvalue weighted by Crippen LogP contribution is -2.44. The van der Waals surface area contributed by atoms with Crippen molar-refractivity contribution in [1.82, 2.24) is 15.5 Å². The zero-order valence-corrected chi connectivity index (χ0v) is 14.4. The quantitative estimate of drug-likeness (QED) is 0.427. The van der Waals surface area contributed by atoms with E-state index in [1.165, 1.54) is 19.3 Å². The van der Waals surface area contributed by atoms with Crippen LogP contribution in [-0.4, -0.2) is 63.8 Å². The molecular weight excluding hydrogens is 264 g/mol. The number of aliphatic imine (C=N–C) groups is 1. The van der Waals surface area contributed by atoms with Gasteiger partial charge in [0, 0.05) is 39.8 Å². The van der Waals surface area contributed by atoms with E-state index in [-0.39, 0.29) is 0 Å². The van der Waals surface area contributed by atoms with Crippen LogP contribution in [0, 0.1) is 5.41 Å². The van der Waals surface area contributed by atoms with Gasteiger partial charge in [0.2, 0.25) is 0 Å². The molecule has 0 bridgehead atoms. The fourth-order valence-corrected chi connectivity index (χ4v) is 2.36. The van der Waals surface area contributed by atoms with Crippen LogP contribution in [0.1, 0.15) is 40.0 Å². The predicted octanol–water partition coefficient (Wildman–Crippen LogP) is 1.70. The van der Waals surface area contributed by atoms with Gasteiger partial charge >= 0.3 is 0 Å². The van der Waals surface area contributed by atoms with Crippen molar-refractivity contribution in [3.8, 4) is 0 Å². The van der Waals surface area contributed by atoms with Gasteiger partial charge in [-0.05, 0) is 18.3 Å². The average Bonchev–Trinajstić information content (AvgIpc) is 2.45. The molecular formula is C16H34N4O. The van der Waals surface area contributed by atoms with Gasteiger partial charge in [-0.2, -0.15) is 0 Å². The van der Waals surface area contributed by atoms with E-state index in [4.69, 9.17) is 4.74 Å². The van der Waals surface area contributed by atoms with Crippen LogP contribution in [0.5, 0.6) is 0 Å². The molecule has 0 atom stereocenters. The Balaban J connectivity index is 2.03. The number of nitrogens with zero attached hydrogens (tertiary/aromatic N) is 2. The molecule has 0 amide bonds. The minimum Gasteiger partial charge on any atom is -0.379 e. The lowest BCUT2D eigenvalue weighted by Gasteiger charge is -2.26. The number of morpholine rings is 1. The second-order valence-electron chi connectivity index (χ2n) is 6.90. The van der Waals surface area contributed by atoms with E-state index in [1.54, 1.807) is 0 Å². The number of unbranched alkanes of at least 4 members (excludes halogenated alkanes) is 1. The molecule has 1 aliphatic heterocycles.